The Kier molecular flexibility index (Phi) is 5.31. The van der Waals surface area contributed by atoms with Crippen LogP contribution in [0, 0.1) is 6.92 Å². The Balaban J connectivity index is 1.74. The third-order valence-corrected chi connectivity index (χ3v) is 4.20. The molecule has 0 bridgehead atoms. The summed E-state index contributed by atoms with van der Waals surface area (Å²) in [5, 5.41) is 11.4. The molecular formula is C20H21N3O3. The van der Waals surface area contributed by atoms with E-state index < -0.39 is 5.97 Å². The molecule has 134 valence electrons. The van der Waals surface area contributed by atoms with E-state index in [9.17, 15) is 9.59 Å². The molecule has 3 aromatic rings. The van der Waals surface area contributed by atoms with Gasteiger partial charge in [0.05, 0.1) is 11.0 Å². The van der Waals surface area contributed by atoms with E-state index in [1.165, 1.54) is 0 Å². The second-order valence-corrected chi connectivity index (χ2v) is 6.14. The van der Waals surface area contributed by atoms with Gasteiger partial charge in [-0.05, 0) is 50.1 Å². The molecule has 0 saturated heterocycles. The summed E-state index contributed by atoms with van der Waals surface area (Å²) < 4.78 is 2.06. The van der Waals surface area contributed by atoms with Gasteiger partial charge in [0, 0.05) is 24.2 Å². The van der Waals surface area contributed by atoms with Crippen LogP contribution in [0.15, 0.2) is 48.5 Å². The number of nitrogens with one attached hydrogen (secondary N) is 1. The highest BCUT2D eigenvalue weighted by Gasteiger charge is 2.12. The molecule has 1 amide bonds. The zero-order valence-electron chi connectivity index (χ0n) is 14.6. The summed E-state index contributed by atoms with van der Waals surface area (Å²) in [6.45, 7) is 2.40. The first-order chi connectivity index (χ1) is 12.6. The quantitative estimate of drug-likeness (QED) is 0.640. The van der Waals surface area contributed by atoms with E-state index >= 15 is 0 Å². The molecule has 0 spiro atoms. The number of para-hydroxylation sites is 1. The van der Waals surface area contributed by atoms with Crippen LogP contribution in [0.4, 0.5) is 0 Å². The van der Waals surface area contributed by atoms with Crippen molar-refractivity contribution in [3.8, 4) is 5.69 Å². The highest BCUT2D eigenvalue weighted by molar-refractivity contribution is 5.97. The summed E-state index contributed by atoms with van der Waals surface area (Å²) in [7, 11) is 0. The molecule has 2 aromatic carbocycles. The number of amides is 1. The summed E-state index contributed by atoms with van der Waals surface area (Å²) in [4.78, 5) is 27.3. The zero-order chi connectivity index (χ0) is 18.5. The Labute approximate surface area is 151 Å². The number of rotatable bonds is 7. The lowest BCUT2D eigenvalue weighted by molar-refractivity contribution is -0.137. The third kappa shape index (κ3) is 3.91. The maximum Gasteiger partial charge on any atom is 0.303 e. The van der Waals surface area contributed by atoms with E-state index in [1.54, 1.807) is 12.1 Å². The van der Waals surface area contributed by atoms with Gasteiger partial charge in [0.1, 0.15) is 5.82 Å². The fourth-order valence-electron chi connectivity index (χ4n) is 2.95. The molecule has 1 heterocycles. The summed E-state index contributed by atoms with van der Waals surface area (Å²) >= 11 is 0. The number of imidazole rings is 1. The number of carbonyl (C=O) groups is 2. The fourth-order valence-corrected chi connectivity index (χ4v) is 2.95. The molecule has 26 heavy (non-hydrogen) atoms. The molecule has 0 aliphatic rings. The molecule has 6 heteroatoms. The van der Waals surface area contributed by atoms with Crippen molar-refractivity contribution in [1.29, 1.82) is 0 Å². The van der Waals surface area contributed by atoms with Crippen LogP contribution in [0.5, 0.6) is 0 Å². The molecule has 0 aliphatic carbocycles. The Bertz CT molecular complexity index is 932. The van der Waals surface area contributed by atoms with Crippen molar-refractivity contribution in [3.05, 3.63) is 59.9 Å². The van der Waals surface area contributed by atoms with Crippen LogP contribution < -0.4 is 5.32 Å². The van der Waals surface area contributed by atoms with Crippen molar-refractivity contribution >= 4 is 22.9 Å². The van der Waals surface area contributed by atoms with Crippen LogP contribution in [0.1, 0.15) is 35.4 Å². The van der Waals surface area contributed by atoms with Gasteiger partial charge in [0.2, 0.25) is 0 Å². The van der Waals surface area contributed by atoms with Gasteiger partial charge in [-0.2, -0.15) is 0 Å². The van der Waals surface area contributed by atoms with E-state index in [4.69, 9.17) is 5.11 Å². The minimum atomic E-state index is -0.814. The molecule has 3 rings (SSSR count). The average Bonchev–Trinajstić information content (AvgIpc) is 2.96. The second kappa shape index (κ2) is 7.82. The number of aromatic nitrogens is 2. The molecule has 0 radical (unpaired) electrons. The van der Waals surface area contributed by atoms with E-state index in [0.29, 0.717) is 24.9 Å². The zero-order valence-corrected chi connectivity index (χ0v) is 14.6. The topological polar surface area (TPSA) is 84.2 Å². The van der Waals surface area contributed by atoms with Crippen molar-refractivity contribution < 1.29 is 14.7 Å². The number of fused-ring (bicyclic) bond motifs is 1. The van der Waals surface area contributed by atoms with Crippen LogP contribution in [-0.2, 0) is 4.79 Å². The van der Waals surface area contributed by atoms with E-state index in [-0.39, 0.29) is 12.3 Å². The van der Waals surface area contributed by atoms with Gasteiger partial charge in [-0.1, -0.05) is 18.2 Å². The van der Waals surface area contributed by atoms with E-state index in [2.05, 4.69) is 14.9 Å². The van der Waals surface area contributed by atoms with E-state index in [0.717, 1.165) is 22.5 Å². The highest BCUT2D eigenvalue weighted by Crippen LogP contribution is 2.22. The Hall–Kier alpha value is -3.15. The van der Waals surface area contributed by atoms with Crippen molar-refractivity contribution in [2.75, 3.05) is 6.54 Å². The number of unbranched alkanes of at least 4 members (excludes halogenated alkanes) is 1. The number of aryl methyl sites for hydroxylation is 1. The number of aliphatic carboxylic acids is 1. The summed E-state index contributed by atoms with van der Waals surface area (Å²) in [5.41, 5.74) is 3.30. The number of carboxylic acid groups (broad SMARTS) is 1. The smallest absolute Gasteiger partial charge is 0.303 e. The van der Waals surface area contributed by atoms with Crippen molar-refractivity contribution in [2.45, 2.75) is 26.2 Å². The lowest BCUT2D eigenvalue weighted by Gasteiger charge is -2.07. The normalized spacial score (nSPS) is 10.8. The van der Waals surface area contributed by atoms with Gasteiger partial charge in [-0.15, -0.1) is 0 Å². The number of nitrogens with zero attached hydrogens (tertiary/aromatic N) is 2. The number of benzene rings is 2. The molecular weight excluding hydrogens is 330 g/mol. The first kappa shape index (κ1) is 17.7. The number of hydrogen-bond acceptors (Lipinski definition) is 3. The van der Waals surface area contributed by atoms with Gasteiger partial charge in [0.15, 0.2) is 0 Å². The predicted octanol–water partition coefficient (Wildman–Crippen LogP) is 3.32. The number of carboxylic acids is 1. The number of hydrogen-bond donors (Lipinski definition) is 2. The van der Waals surface area contributed by atoms with Crippen LogP contribution in [0.2, 0.25) is 0 Å². The largest absolute Gasteiger partial charge is 0.481 e. The molecule has 6 nitrogen and oxygen atoms in total. The van der Waals surface area contributed by atoms with Gasteiger partial charge < -0.3 is 10.4 Å². The first-order valence-electron chi connectivity index (χ1n) is 8.61. The van der Waals surface area contributed by atoms with Gasteiger partial charge >= 0.3 is 5.97 Å². The Morgan fingerprint density at radius 2 is 1.88 bits per heavy atom. The molecule has 0 saturated carbocycles. The minimum Gasteiger partial charge on any atom is -0.481 e. The van der Waals surface area contributed by atoms with E-state index in [1.807, 2.05) is 43.3 Å². The van der Waals surface area contributed by atoms with Gasteiger partial charge in [0.25, 0.3) is 5.91 Å². The lowest BCUT2D eigenvalue weighted by atomic mass is 10.1. The summed E-state index contributed by atoms with van der Waals surface area (Å²) in [5.74, 6) is -0.127. The van der Waals surface area contributed by atoms with Crippen LogP contribution in [0.3, 0.4) is 0 Å². The molecule has 0 atom stereocenters. The maximum atomic E-state index is 12.3. The molecule has 0 aliphatic heterocycles. The summed E-state index contributed by atoms with van der Waals surface area (Å²) in [6.07, 6.45) is 1.31. The first-order valence-corrected chi connectivity index (χ1v) is 8.61. The van der Waals surface area contributed by atoms with Gasteiger partial charge in [-0.25, -0.2) is 4.98 Å². The van der Waals surface area contributed by atoms with Crippen molar-refractivity contribution in [2.24, 2.45) is 0 Å². The van der Waals surface area contributed by atoms with Crippen LogP contribution in [-0.4, -0.2) is 33.1 Å². The minimum absolute atomic E-state index is 0.123. The molecule has 0 fully saturated rings. The fraction of sp³-hybridized carbons (Fsp3) is 0.250. The molecule has 2 N–H and O–H groups in total. The lowest BCUT2D eigenvalue weighted by Crippen LogP contribution is -2.24. The Morgan fingerprint density at radius 3 is 2.62 bits per heavy atom. The Morgan fingerprint density at radius 1 is 1.12 bits per heavy atom. The predicted molar refractivity (Wildman–Crippen MR) is 99.6 cm³/mol. The third-order valence-electron chi connectivity index (χ3n) is 4.20. The maximum absolute atomic E-state index is 12.3. The molecule has 1 aromatic heterocycles. The monoisotopic (exact) mass is 351 g/mol. The number of carbonyl (C=O) groups excluding carboxylic acids is 1. The SMILES string of the molecule is Cc1nc2cc(C(=O)NCCCCC(=O)O)ccc2n1-c1ccccc1. The highest BCUT2D eigenvalue weighted by atomic mass is 16.4. The van der Waals surface area contributed by atoms with Crippen LogP contribution >= 0.6 is 0 Å². The average molecular weight is 351 g/mol. The van der Waals surface area contributed by atoms with Crippen LogP contribution in [0.25, 0.3) is 16.7 Å². The molecule has 0 unspecified atom stereocenters. The summed E-state index contributed by atoms with van der Waals surface area (Å²) in [6, 6.07) is 15.4. The second-order valence-electron chi connectivity index (χ2n) is 6.14. The standard InChI is InChI=1S/C20H21N3O3/c1-14-22-17-13-15(20(26)21-12-6-5-9-19(24)25)10-11-18(17)23(14)16-7-3-2-4-8-16/h2-4,7-8,10-11,13H,5-6,9,12H2,1H3,(H,21,26)(H,24,25). The van der Waals surface area contributed by atoms with Gasteiger partial charge in [-0.3, -0.25) is 14.2 Å². The van der Waals surface area contributed by atoms with Crippen molar-refractivity contribution in [1.82, 2.24) is 14.9 Å². The van der Waals surface area contributed by atoms with Crippen molar-refractivity contribution in [3.63, 3.8) is 0 Å².